The molecule has 25 heavy (non-hydrogen) atoms. The lowest BCUT2D eigenvalue weighted by atomic mass is 10.1. The summed E-state index contributed by atoms with van der Waals surface area (Å²) in [6.45, 7) is 6.13. The summed E-state index contributed by atoms with van der Waals surface area (Å²) in [6, 6.07) is 13.8. The van der Waals surface area contributed by atoms with E-state index in [1.54, 1.807) is 11.9 Å². The van der Waals surface area contributed by atoms with E-state index in [-0.39, 0.29) is 17.3 Å². The highest BCUT2D eigenvalue weighted by Gasteiger charge is 2.16. The smallest absolute Gasteiger partial charge is 0.253 e. The SMILES string of the molecule is C=CCNS(=O)(=O)c1ccc(C(=O)N(C)Cc2ccccc2C)cc1. The summed E-state index contributed by atoms with van der Waals surface area (Å²) in [5.41, 5.74) is 2.64. The topological polar surface area (TPSA) is 66.5 Å². The highest BCUT2D eigenvalue weighted by molar-refractivity contribution is 7.89. The average molecular weight is 358 g/mol. The number of rotatable bonds is 7. The Morgan fingerprint density at radius 1 is 1.16 bits per heavy atom. The number of aryl methyl sites for hydroxylation is 1. The molecule has 0 atom stereocenters. The molecule has 0 aliphatic carbocycles. The average Bonchev–Trinajstić information content (AvgIpc) is 2.61. The molecule has 0 unspecified atom stereocenters. The van der Waals surface area contributed by atoms with Crippen molar-refractivity contribution in [3.8, 4) is 0 Å². The molecular formula is C19H22N2O3S. The highest BCUT2D eigenvalue weighted by atomic mass is 32.2. The summed E-state index contributed by atoms with van der Waals surface area (Å²) in [6.07, 6.45) is 1.47. The number of sulfonamides is 1. The van der Waals surface area contributed by atoms with Gasteiger partial charge in [-0.1, -0.05) is 30.3 Å². The zero-order valence-corrected chi connectivity index (χ0v) is 15.2. The van der Waals surface area contributed by atoms with Gasteiger partial charge in [0.15, 0.2) is 0 Å². The second kappa shape index (κ2) is 8.09. The molecule has 0 saturated heterocycles. The lowest BCUT2D eigenvalue weighted by Gasteiger charge is -2.18. The van der Waals surface area contributed by atoms with Gasteiger partial charge in [0.25, 0.3) is 5.91 Å². The van der Waals surface area contributed by atoms with Gasteiger partial charge in [-0.25, -0.2) is 13.1 Å². The third-order valence-electron chi connectivity index (χ3n) is 3.84. The number of nitrogens with zero attached hydrogens (tertiary/aromatic N) is 1. The maximum atomic E-state index is 12.5. The maximum absolute atomic E-state index is 12.5. The van der Waals surface area contributed by atoms with Crippen LogP contribution in [0.1, 0.15) is 21.5 Å². The standard InChI is InChI=1S/C19H22N2O3S/c1-4-13-20-25(23,24)18-11-9-16(10-12-18)19(22)21(3)14-17-8-6-5-7-15(17)2/h4-12,20H,1,13-14H2,2-3H3. The van der Waals surface area contributed by atoms with E-state index in [1.807, 2.05) is 31.2 Å². The van der Waals surface area contributed by atoms with Crippen molar-refractivity contribution in [3.63, 3.8) is 0 Å². The Morgan fingerprint density at radius 3 is 2.40 bits per heavy atom. The van der Waals surface area contributed by atoms with E-state index in [2.05, 4.69) is 11.3 Å². The lowest BCUT2D eigenvalue weighted by Crippen LogP contribution is -2.27. The van der Waals surface area contributed by atoms with Crippen molar-refractivity contribution >= 4 is 15.9 Å². The number of nitrogens with one attached hydrogen (secondary N) is 1. The van der Waals surface area contributed by atoms with Crippen molar-refractivity contribution in [2.24, 2.45) is 0 Å². The molecule has 0 aliphatic rings. The Labute approximate surface area is 149 Å². The van der Waals surface area contributed by atoms with E-state index in [0.29, 0.717) is 12.1 Å². The van der Waals surface area contributed by atoms with Crippen LogP contribution in [0.25, 0.3) is 0 Å². The molecule has 6 heteroatoms. The van der Waals surface area contributed by atoms with Crippen LogP contribution in [0.4, 0.5) is 0 Å². The van der Waals surface area contributed by atoms with Crippen LogP contribution in [-0.2, 0) is 16.6 Å². The Balaban J connectivity index is 2.12. The molecule has 5 nitrogen and oxygen atoms in total. The normalized spacial score (nSPS) is 11.1. The van der Waals surface area contributed by atoms with Crippen LogP contribution in [0.15, 0.2) is 66.1 Å². The molecule has 0 bridgehead atoms. The van der Waals surface area contributed by atoms with E-state index in [4.69, 9.17) is 0 Å². The Morgan fingerprint density at radius 2 is 1.80 bits per heavy atom. The van der Waals surface area contributed by atoms with Crippen molar-refractivity contribution in [3.05, 3.63) is 77.9 Å². The quantitative estimate of drug-likeness (QED) is 0.774. The minimum Gasteiger partial charge on any atom is -0.337 e. The van der Waals surface area contributed by atoms with E-state index in [9.17, 15) is 13.2 Å². The number of carbonyl (C=O) groups is 1. The van der Waals surface area contributed by atoms with E-state index >= 15 is 0 Å². The van der Waals surface area contributed by atoms with Crippen LogP contribution in [0.5, 0.6) is 0 Å². The predicted octanol–water partition coefficient (Wildman–Crippen LogP) is 2.73. The van der Waals surface area contributed by atoms with Gasteiger partial charge < -0.3 is 4.90 Å². The fourth-order valence-electron chi connectivity index (χ4n) is 2.36. The monoisotopic (exact) mass is 358 g/mol. The summed E-state index contributed by atoms with van der Waals surface area (Å²) in [5.74, 6) is -0.161. The van der Waals surface area contributed by atoms with Crippen LogP contribution in [0.3, 0.4) is 0 Å². The number of benzene rings is 2. The minimum atomic E-state index is -3.59. The number of hydrogen-bond donors (Lipinski definition) is 1. The van der Waals surface area contributed by atoms with Crippen LogP contribution in [-0.4, -0.2) is 32.8 Å². The predicted molar refractivity (Wildman–Crippen MR) is 98.8 cm³/mol. The molecule has 1 N–H and O–H groups in total. The molecule has 0 saturated carbocycles. The summed E-state index contributed by atoms with van der Waals surface area (Å²) in [5, 5.41) is 0. The summed E-state index contributed by atoms with van der Waals surface area (Å²) < 4.78 is 26.5. The van der Waals surface area contributed by atoms with Gasteiger partial charge in [-0.2, -0.15) is 0 Å². The van der Waals surface area contributed by atoms with Gasteiger partial charge in [-0.05, 0) is 42.3 Å². The Bertz CT molecular complexity index is 858. The minimum absolute atomic E-state index is 0.118. The van der Waals surface area contributed by atoms with Gasteiger partial charge in [0.2, 0.25) is 10.0 Å². The van der Waals surface area contributed by atoms with E-state index < -0.39 is 10.0 Å². The molecule has 0 aromatic heterocycles. The van der Waals surface area contributed by atoms with Gasteiger partial charge in [-0.15, -0.1) is 6.58 Å². The lowest BCUT2D eigenvalue weighted by molar-refractivity contribution is 0.0785. The van der Waals surface area contributed by atoms with Crippen molar-refractivity contribution in [2.75, 3.05) is 13.6 Å². The maximum Gasteiger partial charge on any atom is 0.253 e. The van der Waals surface area contributed by atoms with Crippen LogP contribution in [0.2, 0.25) is 0 Å². The van der Waals surface area contributed by atoms with Gasteiger partial charge in [0.05, 0.1) is 4.90 Å². The molecule has 0 spiro atoms. The van der Waals surface area contributed by atoms with E-state index in [1.165, 1.54) is 30.3 Å². The highest BCUT2D eigenvalue weighted by Crippen LogP contribution is 2.14. The van der Waals surface area contributed by atoms with Gasteiger partial charge in [-0.3, -0.25) is 4.79 Å². The molecule has 0 fully saturated rings. The van der Waals surface area contributed by atoms with Crippen molar-refractivity contribution in [2.45, 2.75) is 18.4 Å². The van der Waals surface area contributed by atoms with Gasteiger partial charge >= 0.3 is 0 Å². The molecule has 0 heterocycles. The zero-order chi connectivity index (χ0) is 18.4. The first-order valence-corrected chi connectivity index (χ1v) is 9.34. The zero-order valence-electron chi connectivity index (χ0n) is 14.4. The molecule has 132 valence electrons. The summed E-state index contributed by atoms with van der Waals surface area (Å²) >= 11 is 0. The molecule has 2 aromatic carbocycles. The molecule has 0 radical (unpaired) electrons. The second-order valence-electron chi connectivity index (χ2n) is 5.75. The second-order valence-corrected chi connectivity index (χ2v) is 7.52. The summed E-state index contributed by atoms with van der Waals surface area (Å²) in [7, 11) is -1.86. The Hall–Kier alpha value is -2.44. The molecular weight excluding hydrogens is 336 g/mol. The van der Waals surface area contributed by atoms with Crippen molar-refractivity contribution in [1.29, 1.82) is 0 Å². The Kier molecular flexibility index (Phi) is 6.12. The number of hydrogen-bond acceptors (Lipinski definition) is 3. The van der Waals surface area contributed by atoms with Crippen molar-refractivity contribution < 1.29 is 13.2 Å². The van der Waals surface area contributed by atoms with Crippen LogP contribution < -0.4 is 4.72 Å². The van der Waals surface area contributed by atoms with Crippen LogP contribution in [0, 0.1) is 6.92 Å². The van der Waals surface area contributed by atoms with Crippen molar-refractivity contribution in [1.82, 2.24) is 9.62 Å². The fraction of sp³-hybridized carbons (Fsp3) is 0.211. The molecule has 2 rings (SSSR count). The number of amides is 1. The van der Waals surface area contributed by atoms with E-state index in [0.717, 1.165) is 11.1 Å². The third kappa shape index (κ3) is 4.78. The molecule has 2 aromatic rings. The first-order chi connectivity index (χ1) is 11.8. The first-order valence-electron chi connectivity index (χ1n) is 7.86. The van der Waals surface area contributed by atoms with Gasteiger partial charge in [0, 0.05) is 25.7 Å². The molecule has 0 aliphatic heterocycles. The van der Waals surface area contributed by atoms with Crippen LogP contribution >= 0.6 is 0 Å². The molecule has 1 amide bonds. The number of carbonyl (C=O) groups excluding carboxylic acids is 1. The van der Waals surface area contributed by atoms with Gasteiger partial charge in [0.1, 0.15) is 0 Å². The largest absolute Gasteiger partial charge is 0.337 e. The third-order valence-corrected chi connectivity index (χ3v) is 5.28. The first kappa shape index (κ1) is 18.9. The fourth-order valence-corrected chi connectivity index (χ4v) is 3.36. The summed E-state index contributed by atoms with van der Waals surface area (Å²) in [4.78, 5) is 14.3.